The van der Waals surface area contributed by atoms with Gasteiger partial charge in [-0.05, 0) is 25.2 Å². The molecule has 1 atom stereocenters. The monoisotopic (exact) mass is 393 g/mol. The molecule has 156 valence electrons. The van der Waals surface area contributed by atoms with Crippen molar-refractivity contribution in [3.63, 3.8) is 0 Å². The Morgan fingerprint density at radius 3 is 2.22 bits per heavy atom. The summed E-state index contributed by atoms with van der Waals surface area (Å²) in [6, 6.07) is 0.227. The first kappa shape index (κ1) is 21.9. The third kappa shape index (κ3) is 6.64. The number of morpholine rings is 1. The van der Waals surface area contributed by atoms with E-state index in [1.165, 1.54) is 0 Å². The van der Waals surface area contributed by atoms with Gasteiger partial charge in [0.25, 0.3) is 0 Å². The van der Waals surface area contributed by atoms with E-state index in [1.807, 2.05) is 0 Å². The second kappa shape index (κ2) is 9.73. The highest BCUT2D eigenvalue weighted by Crippen LogP contribution is 2.24. The number of rotatable bonds is 6. The Bertz CT molecular complexity index is 500. The van der Waals surface area contributed by atoms with Crippen LogP contribution < -0.4 is 5.32 Å². The fraction of sp³-hybridized carbons (Fsp3) is 0.889. The number of nitrogens with zero attached hydrogens (tertiary/aromatic N) is 2. The van der Waals surface area contributed by atoms with Crippen LogP contribution in [0, 0.1) is 11.8 Å². The van der Waals surface area contributed by atoms with Gasteiger partial charge in [0, 0.05) is 44.7 Å². The number of carbonyl (C=O) groups excluding carboxylic acids is 2. The zero-order chi connectivity index (χ0) is 20.0. The van der Waals surface area contributed by atoms with E-state index in [0.717, 1.165) is 24.4 Å². The van der Waals surface area contributed by atoms with E-state index < -0.39 is 12.1 Å². The van der Waals surface area contributed by atoms with Gasteiger partial charge in [-0.1, -0.05) is 13.8 Å². The third-order valence-electron chi connectivity index (χ3n) is 5.21. The van der Waals surface area contributed by atoms with Gasteiger partial charge in [0.1, 0.15) is 0 Å². The molecule has 0 spiro atoms. The fourth-order valence-electron chi connectivity index (χ4n) is 3.74. The predicted octanol–water partition coefficient (Wildman–Crippen LogP) is 1.65. The van der Waals surface area contributed by atoms with Crippen molar-refractivity contribution in [2.75, 3.05) is 45.9 Å². The maximum absolute atomic E-state index is 12.5. The molecular formula is C18H30F3N3O3. The lowest BCUT2D eigenvalue weighted by Gasteiger charge is -2.36. The molecule has 1 N–H and O–H groups in total. The number of hydrogen-bond donors (Lipinski definition) is 1. The van der Waals surface area contributed by atoms with Gasteiger partial charge < -0.3 is 15.0 Å². The molecule has 0 aromatic rings. The molecule has 1 unspecified atom stereocenters. The number of ether oxygens (including phenoxy) is 1. The van der Waals surface area contributed by atoms with Crippen LogP contribution in [0.3, 0.4) is 0 Å². The van der Waals surface area contributed by atoms with Crippen molar-refractivity contribution in [1.29, 1.82) is 0 Å². The minimum Gasteiger partial charge on any atom is -0.379 e. The number of carbonyl (C=O) groups is 2. The molecule has 2 fully saturated rings. The van der Waals surface area contributed by atoms with Crippen LogP contribution in [0.2, 0.25) is 0 Å². The van der Waals surface area contributed by atoms with Crippen LogP contribution in [-0.2, 0) is 14.3 Å². The topological polar surface area (TPSA) is 61.9 Å². The van der Waals surface area contributed by atoms with Crippen molar-refractivity contribution in [2.24, 2.45) is 11.8 Å². The van der Waals surface area contributed by atoms with Crippen molar-refractivity contribution >= 4 is 11.8 Å². The largest absolute Gasteiger partial charge is 0.471 e. The van der Waals surface area contributed by atoms with Gasteiger partial charge in [-0.15, -0.1) is 0 Å². The summed E-state index contributed by atoms with van der Waals surface area (Å²) in [5.41, 5.74) is 0. The lowest BCUT2D eigenvalue weighted by molar-refractivity contribution is -0.186. The molecule has 2 aliphatic heterocycles. The third-order valence-corrected chi connectivity index (χ3v) is 5.21. The van der Waals surface area contributed by atoms with E-state index in [2.05, 4.69) is 24.1 Å². The Labute approximate surface area is 158 Å². The fourth-order valence-corrected chi connectivity index (χ4v) is 3.74. The average molecular weight is 393 g/mol. The van der Waals surface area contributed by atoms with Gasteiger partial charge in [-0.3, -0.25) is 14.5 Å². The maximum atomic E-state index is 12.5. The molecule has 2 rings (SSSR count). The Hall–Kier alpha value is -1.35. The van der Waals surface area contributed by atoms with E-state index in [0.29, 0.717) is 25.7 Å². The average Bonchev–Trinajstić information content (AvgIpc) is 2.64. The van der Waals surface area contributed by atoms with E-state index in [4.69, 9.17) is 4.74 Å². The van der Waals surface area contributed by atoms with Crippen molar-refractivity contribution in [1.82, 2.24) is 15.1 Å². The minimum atomic E-state index is -4.85. The van der Waals surface area contributed by atoms with Crippen molar-refractivity contribution < 1.29 is 27.5 Å². The van der Waals surface area contributed by atoms with E-state index >= 15 is 0 Å². The SMILES string of the molecule is CC(C)CC(CNC(=O)C1CCN(C(=O)C(F)(F)F)CC1)N1CCOCC1. The Morgan fingerprint density at radius 1 is 1.11 bits per heavy atom. The van der Waals surface area contributed by atoms with Crippen LogP contribution in [0.4, 0.5) is 13.2 Å². The zero-order valence-electron chi connectivity index (χ0n) is 16.1. The van der Waals surface area contributed by atoms with E-state index in [9.17, 15) is 22.8 Å². The Balaban J connectivity index is 1.81. The molecule has 0 aliphatic carbocycles. The minimum absolute atomic E-state index is 0.0324. The Morgan fingerprint density at radius 2 is 1.70 bits per heavy atom. The van der Waals surface area contributed by atoms with Crippen LogP contribution in [-0.4, -0.2) is 79.8 Å². The van der Waals surface area contributed by atoms with Crippen LogP contribution >= 0.6 is 0 Å². The van der Waals surface area contributed by atoms with Gasteiger partial charge >= 0.3 is 12.1 Å². The lowest BCUT2D eigenvalue weighted by atomic mass is 9.95. The van der Waals surface area contributed by atoms with Gasteiger partial charge in [-0.2, -0.15) is 13.2 Å². The summed E-state index contributed by atoms with van der Waals surface area (Å²) in [4.78, 5) is 26.9. The summed E-state index contributed by atoms with van der Waals surface area (Å²) in [7, 11) is 0. The normalized spacial score (nSPS) is 21.3. The maximum Gasteiger partial charge on any atom is 0.471 e. The second-order valence-electron chi connectivity index (χ2n) is 7.74. The Kier molecular flexibility index (Phi) is 7.91. The quantitative estimate of drug-likeness (QED) is 0.746. The molecule has 2 aliphatic rings. The zero-order valence-corrected chi connectivity index (χ0v) is 16.1. The molecule has 2 saturated heterocycles. The number of amides is 2. The van der Waals surface area contributed by atoms with Gasteiger partial charge in [-0.25, -0.2) is 0 Å². The first-order valence-electron chi connectivity index (χ1n) is 9.64. The number of halogens is 3. The molecule has 0 aromatic carbocycles. The molecule has 6 nitrogen and oxygen atoms in total. The smallest absolute Gasteiger partial charge is 0.379 e. The number of likely N-dealkylation sites (tertiary alicyclic amines) is 1. The molecule has 2 amide bonds. The summed E-state index contributed by atoms with van der Waals surface area (Å²) in [5, 5.41) is 2.98. The number of alkyl halides is 3. The lowest BCUT2D eigenvalue weighted by Crippen LogP contribution is -2.51. The summed E-state index contributed by atoms with van der Waals surface area (Å²) in [5.74, 6) is -1.79. The molecule has 27 heavy (non-hydrogen) atoms. The van der Waals surface area contributed by atoms with Crippen LogP contribution in [0.15, 0.2) is 0 Å². The summed E-state index contributed by atoms with van der Waals surface area (Å²) in [6.07, 6.45) is -3.36. The van der Waals surface area contributed by atoms with Crippen molar-refractivity contribution in [3.05, 3.63) is 0 Å². The number of piperidine rings is 1. The molecule has 0 aromatic heterocycles. The van der Waals surface area contributed by atoms with Gasteiger partial charge in [0.15, 0.2) is 0 Å². The molecule has 9 heteroatoms. The highest BCUT2D eigenvalue weighted by atomic mass is 19.4. The summed E-state index contributed by atoms with van der Waals surface area (Å²) < 4.78 is 42.9. The van der Waals surface area contributed by atoms with Crippen molar-refractivity contribution in [3.8, 4) is 0 Å². The molecule has 2 heterocycles. The van der Waals surface area contributed by atoms with Crippen LogP contribution in [0.5, 0.6) is 0 Å². The molecular weight excluding hydrogens is 363 g/mol. The summed E-state index contributed by atoms with van der Waals surface area (Å²) in [6.45, 7) is 7.80. The predicted molar refractivity (Wildman–Crippen MR) is 94.0 cm³/mol. The van der Waals surface area contributed by atoms with Crippen LogP contribution in [0.25, 0.3) is 0 Å². The number of nitrogens with one attached hydrogen (secondary N) is 1. The second-order valence-corrected chi connectivity index (χ2v) is 7.74. The molecule has 0 bridgehead atoms. The van der Waals surface area contributed by atoms with E-state index in [-0.39, 0.29) is 43.8 Å². The van der Waals surface area contributed by atoms with Crippen molar-refractivity contribution in [2.45, 2.75) is 45.3 Å². The summed E-state index contributed by atoms with van der Waals surface area (Å²) >= 11 is 0. The van der Waals surface area contributed by atoms with Crippen LogP contribution in [0.1, 0.15) is 33.1 Å². The number of hydrogen-bond acceptors (Lipinski definition) is 4. The standard InChI is InChI=1S/C18H30F3N3O3/c1-13(2)11-15(23-7-9-27-10-8-23)12-22-16(25)14-3-5-24(6-4-14)17(26)18(19,20)21/h13-15H,3-12H2,1-2H3,(H,22,25). The van der Waals surface area contributed by atoms with E-state index in [1.54, 1.807) is 0 Å². The highest BCUT2D eigenvalue weighted by Gasteiger charge is 2.43. The first-order chi connectivity index (χ1) is 12.7. The molecule has 0 saturated carbocycles. The highest BCUT2D eigenvalue weighted by molar-refractivity contribution is 5.83. The van der Waals surface area contributed by atoms with Gasteiger partial charge in [0.2, 0.25) is 5.91 Å². The molecule has 0 radical (unpaired) electrons. The first-order valence-corrected chi connectivity index (χ1v) is 9.64. The van der Waals surface area contributed by atoms with Gasteiger partial charge in [0.05, 0.1) is 13.2 Å².